The SMILES string of the molecule is N#CC1CCCN1C(=O)C1CCSC1. The molecule has 2 heterocycles. The molecule has 2 aliphatic rings. The topological polar surface area (TPSA) is 44.1 Å². The highest BCUT2D eigenvalue weighted by Crippen LogP contribution is 2.28. The van der Waals surface area contributed by atoms with E-state index in [1.54, 1.807) is 4.90 Å². The molecule has 0 spiro atoms. The van der Waals surface area contributed by atoms with Gasteiger partial charge >= 0.3 is 0 Å². The van der Waals surface area contributed by atoms with E-state index in [0.29, 0.717) is 0 Å². The van der Waals surface area contributed by atoms with Crippen LogP contribution in [0.25, 0.3) is 0 Å². The smallest absolute Gasteiger partial charge is 0.227 e. The number of amides is 1. The summed E-state index contributed by atoms with van der Waals surface area (Å²) in [5.74, 6) is 2.46. The molecule has 2 fully saturated rings. The molecule has 0 saturated carbocycles. The van der Waals surface area contributed by atoms with Gasteiger partial charge in [0.1, 0.15) is 6.04 Å². The van der Waals surface area contributed by atoms with Crippen molar-refractivity contribution >= 4 is 17.7 Å². The van der Waals surface area contributed by atoms with Gasteiger partial charge in [-0.3, -0.25) is 4.79 Å². The number of carbonyl (C=O) groups is 1. The zero-order chi connectivity index (χ0) is 9.97. The summed E-state index contributed by atoms with van der Waals surface area (Å²) in [6.07, 6.45) is 2.85. The van der Waals surface area contributed by atoms with Crippen LogP contribution >= 0.6 is 11.8 Å². The second-order valence-electron chi connectivity index (χ2n) is 3.88. The molecule has 2 aliphatic heterocycles. The van der Waals surface area contributed by atoms with Crippen molar-refractivity contribution in [2.75, 3.05) is 18.1 Å². The summed E-state index contributed by atoms with van der Waals surface area (Å²) in [7, 11) is 0. The third-order valence-electron chi connectivity index (χ3n) is 2.96. The summed E-state index contributed by atoms with van der Waals surface area (Å²) in [5.41, 5.74) is 0. The number of hydrogen-bond acceptors (Lipinski definition) is 3. The number of nitriles is 1. The van der Waals surface area contributed by atoms with Crippen LogP contribution in [0.5, 0.6) is 0 Å². The molecule has 14 heavy (non-hydrogen) atoms. The number of likely N-dealkylation sites (tertiary alicyclic amines) is 1. The van der Waals surface area contributed by atoms with Gasteiger partial charge in [-0.05, 0) is 25.0 Å². The van der Waals surface area contributed by atoms with E-state index in [-0.39, 0.29) is 17.9 Å². The molecule has 0 bridgehead atoms. The number of nitrogens with zero attached hydrogens (tertiary/aromatic N) is 2. The molecule has 2 unspecified atom stereocenters. The number of carbonyl (C=O) groups excluding carboxylic acids is 1. The molecule has 0 radical (unpaired) electrons. The van der Waals surface area contributed by atoms with E-state index in [9.17, 15) is 4.79 Å². The molecule has 0 aliphatic carbocycles. The molecule has 0 aromatic carbocycles. The van der Waals surface area contributed by atoms with E-state index in [1.165, 1.54) is 0 Å². The van der Waals surface area contributed by atoms with Gasteiger partial charge in [0.15, 0.2) is 0 Å². The molecule has 2 saturated heterocycles. The standard InChI is InChI=1S/C10H14N2OS/c11-6-9-2-1-4-12(9)10(13)8-3-5-14-7-8/h8-9H,1-5,7H2. The zero-order valence-corrected chi connectivity index (χ0v) is 8.92. The Morgan fingerprint density at radius 1 is 1.50 bits per heavy atom. The van der Waals surface area contributed by atoms with Gasteiger partial charge in [-0.15, -0.1) is 0 Å². The minimum Gasteiger partial charge on any atom is -0.326 e. The van der Waals surface area contributed by atoms with E-state index in [0.717, 1.165) is 37.3 Å². The lowest BCUT2D eigenvalue weighted by molar-refractivity contribution is -0.134. The first-order valence-electron chi connectivity index (χ1n) is 5.11. The van der Waals surface area contributed by atoms with Gasteiger partial charge in [-0.1, -0.05) is 0 Å². The quantitative estimate of drug-likeness (QED) is 0.654. The van der Waals surface area contributed by atoms with Gasteiger partial charge in [0.25, 0.3) is 0 Å². The summed E-state index contributed by atoms with van der Waals surface area (Å²) < 4.78 is 0. The molecular weight excluding hydrogens is 196 g/mol. The molecule has 3 nitrogen and oxygen atoms in total. The highest BCUT2D eigenvalue weighted by atomic mass is 32.2. The summed E-state index contributed by atoms with van der Waals surface area (Å²) in [5, 5.41) is 8.88. The van der Waals surface area contributed by atoms with Crippen molar-refractivity contribution in [3.05, 3.63) is 0 Å². The maximum atomic E-state index is 12.0. The van der Waals surface area contributed by atoms with Crippen LogP contribution in [0.2, 0.25) is 0 Å². The molecule has 0 aromatic heterocycles. The van der Waals surface area contributed by atoms with Gasteiger partial charge in [-0.2, -0.15) is 17.0 Å². The molecule has 1 amide bonds. The van der Waals surface area contributed by atoms with Crippen molar-refractivity contribution in [3.8, 4) is 6.07 Å². The Labute approximate surface area is 88.4 Å². The van der Waals surface area contributed by atoms with Gasteiger partial charge in [0.2, 0.25) is 5.91 Å². The van der Waals surface area contributed by atoms with Crippen molar-refractivity contribution < 1.29 is 4.79 Å². The average molecular weight is 210 g/mol. The van der Waals surface area contributed by atoms with E-state index >= 15 is 0 Å². The maximum Gasteiger partial charge on any atom is 0.227 e. The first kappa shape index (κ1) is 9.85. The monoisotopic (exact) mass is 210 g/mol. The molecule has 2 rings (SSSR count). The Morgan fingerprint density at radius 2 is 2.36 bits per heavy atom. The van der Waals surface area contributed by atoms with Crippen LogP contribution in [0, 0.1) is 17.2 Å². The minimum absolute atomic E-state index is 0.145. The lowest BCUT2D eigenvalue weighted by Gasteiger charge is -2.22. The third-order valence-corrected chi connectivity index (χ3v) is 4.13. The first-order valence-corrected chi connectivity index (χ1v) is 6.26. The summed E-state index contributed by atoms with van der Waals surface area (Å²) in [4.78, 5) is 13.8. The largest absolute Gasteiger partial charge is 0.326 e. The summed E-state index contributed by atoms with van der Waals surface area (Å²) in [6, 6.07) is 2.07. The van der Waals surface area contributed by atoms with Gasteiger partial charge in [0.05, 0.1) is 6.07 Å². The number of rotatable bonds is 1. The lowest BCUT2D eigenvalue weighted by Crippen LogP contribution is -2.39. The molecular formula is C10H14N2OS. The zero-order valence-electron chi connectivity index (χ0n) is 8.11. The highest BCUT2D eigenvalue weighted by molar-refractivity contribution is 7.99. The number of hydrogen-bond donors (Lipinski definition) is 0. The fourth-order valence-corrected chi connectivity index (χ4v) is 3.34. The minimum atomic E-state index is -0.145. The van der Waals surface area contributed by atoms with E-state index in [1.807, 2.05) is 11.8 Å². The Kier molecular flexibility index (Phi) is 2.97. The Bertz CT molecular complexity index is 268. The highest BCUT2D eigenvalue weighted by Gasteiger charge is 2.34. The van der Waals surface area contributed by atoms with Gasteiger partial charge in [0, 0.05) is 18.2 Å². The summed E-state index contributed by atoms with van der Waals surface area (Å²) in [6.45, 7) is 0.790. The van der Waals surface area contributed by atoms with Crippen LogP contribution in [0.1, 0.15) is 19.3 Å². The van der Waals surface area contributed by atoms with Crippen molar-refractivity contribution in [1.29, 1.82) is 5.26 Å². The number of thioether (sulfide) groups is 1. The van der Waals surface area contributed by atoms with Crippen LogP contribution < -0.4 is 0 Å². The van der Waals surface area contributed by atoms with Crippen molar-refractivity contribution in [3.63, 3.8) is 0 Å². The Morgan fingerprint density at radius 3 is 3.00 bits per heavy atom. The van der Waals surface area contributed by atoms with Gasteiger partial charge in [-0.25, -0.2) is 0 Å². The fourth-order valence-electron chi connectivity index (χ4n) is 2.13. The second kappa shape index (κ2) is 4.22. The molecule has 0 N–H and O–H groups in total. The Hall–Kier alpha value is -0.690. The van der Waals surface area contributed by atoms with Crippen LogP contribution in [-0.4, -0.2) is 34.9 Å². The second-order valence-corrected chi connectivity index (χ2v) is 5.03. The Balaban J connectivity index is 2.00. The molecule has 4 heteroatoms. The predicted octanol–water partition coefficient (Wildman–Crippen LogP) is 1.25. The van der Waals surface area contributed by atoms with E-state index in [4.69, 9.17) is 5.26 Å². The normalized spacial score (nSPS) is 31.8. The van der Waals surface area contributed by atoms with Crippen LogP contribution in [0.15, 0.2) is 0 Å². The van der Waals surface area contributed by atoms with E-state index in [2.05, 4.69) is 6.07 Å². The van der Waals surface area contributed by atoms with Gasteiger partial charge < -0.3 is 4.90 Å². The summed E-state index contributed by atoms with van der Waals surface area (Å²) >= 11 is 1.85. The van der Waals surface area contributed by atoms with Crippen LogP contribution in [0.4, 0.5) is 0 Å². The van der Waals surface area contributed by atoms with E-state index < -0.39 is 0 Å². The van der Waals surface area contributed by atoms with Crippen molar-refractivity contribution in [1.82, 2.24) is 4.90 Å². The average Bonchev–Trinajstić information content (AvgIpc) is 2.87. The molecule has 76 valence electrons. The molecule has 2 atom stereocenters. The van der Waals surface area contributed by atoms with Crippen LogP contribution in [-0.2, 0) is 4.79 Å². The maximum absolute atomic E-state index is 12.0. The molecule has 0 aromatic rings. The van der Waals surface area contributed by atoms with Crippen molar-refractivity contribution in [2.45, 2.75) is 25.3 Å². The van der Waals surface area contributed by atoms with Crippen LogP contribution in [0.3, 0.4) is 0 Å². The lowest BCUT2D eigenvalue weighted by atomic mass is 10.1. The first-order chi connectivity index (χ1) is 6.83. The fraction of sp³-hybridized carbons (Fsp3) is 0.800. The third kappa shape index (κ3) is 1.74. The van der Waals surface area contributed by atoms with Crippen molar-refractivity contribution in [2.24, 2.45) is 5.92 Å². The predicted molar refractivity (Wildman–Crippen MR) is 55.8 cm³/mol.